The van der Waals surface area contributed by atoms with Gasteiger partial charge in [-0.1, -0.05) is 38.1 Å². The Balaban J connectivity index is 2.37. The van der Waals surface area contributed by atoms with Crippen LogP contribution in [-0.2, 0) is 12.8 Å². The van der Waals surface area contributed by atoms with Gasteiger partial charge in [0.25, 0.3) is 0 Å². The summed E-state index contributed by atoms with van der Waals surface area (Å²) in [7, 11) is 1.61. The molecule has 2 aromatic rings. The molecule has 0 saturated carbocycles. The molecule has 0 aromatic heterocycles. The maximum Gasteiger partial charge on any atom is 0.193 e. The molecule has 0 bridgehead atoms. The molecule has 2 aromatic carbocycles. The van der Waals surface area contributed by atoms with Crippen LogP contribution in [0, 0.1) is 0 Å². The fourth-order valence-corrected chi connectivity index (χ4v) is 2.37. The number of hydrogen-bond acceptors (Lipinski definition) is 2. The van der Waals surface area contributed by atoms with Crippen LogP contribution in [-0.4, -0.2) is 12.9 Å². The molecular weight excluding hydrogens is 248 g/mol. The van der Waals surface area contributed by atoms with E-state index in [4.69, 9.17) is 4.74 Å². The highest BCUT2D eigenvalue weighted by Gasteiger charge is 2.11. The zero-order valence-corrected chi connectivity index (χ0v) is 12.3. The van der Waals surface area contributed by atoms with Gasteiger partial charge in [-0.25, -0.2) is 0 Å². The molecule has 0 heterocycles. The fourth-order valence-electron chi connectivity index (χ4n) is 2.37. The Morgan fingerprint density at radius 2 is 1.65 bits per heavy atom. The van der Waals surface area contributed by atoms with Crippen molar-refractivity contribution in [2.45, 2.75) is 26.7 Å². The highest BCUT2D eigenvalue weighted by molar-refractivity contribution is 6.09. The average Bonchev–Trinajstić information content (AvgIpc) is 2.53. The first-order valence-electron chi connectivity index (χ1n) is 7.00. The summed E-state index contributed by atoms with van der Waals surface area (Å²) in [6.07, 6.45) is 1.94. The molecule has 0 amide bonds. The molecule has 20 heavy (non-hydrogen) atoms. The minimum atomic E-state index is 0.0428. The van der Waals surface area contributed by atoms with Crippen LogP contribution >= 0.6 is 0 Å². The maximum absolute atomic E-state index is 12.5. The second-order valence-electron chi connectivity index (χ2n) is 4.75. The first-order valence-corrected chi connectivity index (χ1v) is 7.00. The second kappa shape index (κ2) is 6.38. The van der Waals surface area contributed by atoms with Crippen LogP contribution in [0.4, 0.5) is 0 Å². The van der Waals surface area contributed by atoms with Crippen LogP contribution in [0.3, 0.4) is 0 Å². The van der Waals surface area contributed by atoms with E-state index in [9.17, 15) is 4.79 Å². The molecule has 2 nitrogen and oxygen atoms in total. The van der Waals surface area contributed by atoms with Crippen LogP contribution in [0.2, 0.25) is 0 Å². The Morgan fingerprint density at radius 1 is 0.950 bits per heavy atom. The van der Waals surface area contributed by atoms with Gasteiger partial charge in [-0.2, -0.15) is 0 Å². The van der Waals surface area contributed by atoms with Gasteiger partial charge in [0.1, 0.15) is 5.75 Å². The summed E-state index contributed by atoms with van der Waals surface area (Å²) >= 11 is 0. The highest BCUT2D eigenvalue weighted by Crippen LogP contribution is 2.19. The topological polar surface area (TPSA) is 26.3 Å². The van der Waals surface area contributed by atoms with Crippen LogP contribution in [0.15, 0.2) is 42.5 Å². The summed E-state index contributed by atoms with van der Waals surface area (Å²) in [6, 6.07) is 13.3. The Morgan fingerprint density at radius 3 is 2.30 bits per heavy atom. The minimum absolute atomic E-state index is 0.0428. The van der Waals surface area contributed by atoms with E-state index in [1.807, 2.05) is 30.3 Å². The SMILES string of the molecule is CCc1ccc(C(=O)c2cccc(OC)c2)cc1CC. The van der Waals surface area contributed by atoms with E-state index in [2.05, 4.69) is 19.9 Å². The van der Waals surface area contributed by atoms with Gasteiger partial charge >= 0.3 is 0 Å². The third kappa shape index (κ3) is 2.90. The average molecular weight is 268 g/mol. The van der Waals surface area contributed by atoms with Crippen molar-refractivity contribution in [2.75, 3.05) is 7.11 Å². The van der Waals surface area contributed by atoms with Gasteiger partial charge in [0.2, 0.25) is 0 Å². The maximum atomic E-state index is 12.5. The van der Waals surface area contributed by atoms with E-state index in [-0.39, 0.29) is 5.78 Å². The third-order valence-electron chi connectivity index (χ3n) is 3.56. The Bertz CT molecular complexity index is 615. The van der Waals surface area contributed by atoms with E-state index in [0.29, 0.717) is 11.3 Å². The lowest BCUT2D eigenvalue weighted by atomic mass is 9.96. The largest absolute Gasteiger partial charge is 0.497 e. The van der Waals surface area contributed by atoms with Gasteiger partial charge < -0.3 is 4.74 Å². The van der Waals surface area contributed by atoms with Crippen molar-refractivity contribution < 1.29 is 9.53 Å². The Hall–Kier alpha value is -2.09. The van der Waals surface area contributed by atoms with Crippen molar-refractivity contribution >= 4 is 5.78 Å². The monoisotopic (exact) mass is 268 g/mol. The van der Waals surface area contributed by atoms with Crippen LogP contribution < -0.4 is 4.74 Å². The lowest BCUT2D eigenvalue weighted by Gasteiger charge is -2.09. The molecule has 0 fully saturated rings. The summed E-state index contributed by atoms with van der Waals surface area (Å²) < 4.78 is 5.17. The van der Waals surface area contributed by atoms with Crippen LogP contribution in [0.5, 0.6) is 5.75 Å². The third-order valence-corrected chi connectivity index (χ3v) is 3.56. The van der Waals surface area contributed by atoms with Crippen molar-refractivity contribution in [3.05, 3.63) is 64.7 Å². The van der Waals surface area contributed by atoms with Gasteiger partial charge in [-0.15, -0.1) is 0 Å². The smallest absolute Gasteiger partial charge is 0.193 e. The Kier molecular flexibility index (Phi) is 4.57. The van der Waals surface area contributed by atoms with E-state index in [0.717, 1.165) is 18.4 Å². The van der Waals surface area contributed by atoms with Crippen LogP contribution in [0.1, 0.15) is 40.9 Å². The minimum Gasteiger partial charge on any atom is -0.497 e. The summed E-state index contributed by atoms with van der Waals surface area (Å²) in [5.74, 6) is 0.748. The molecule has 0 aliphatic carbocycles. The van der Waals surface area contributed by atoms with Crippen LogP contribution in [0.25, 0.3) is 0 Å². The van der Waals surface area contributed by atoms with Gasteiger partial charge in [0, 0.05) is 11.1 Å². The number of rotatable bonds is 5. The molecule has 2 rings (SSSR count). The van der Waals surface area contributed by atoms with Crippen molar-refractivity contribution in [1.82, 2.24) is 0 Å². The zero-order chi connectivity index (χ0) is 14.5. The van der Waals surface area contributed by atoms with Crippen molar-refractivity contribution in [3.63, 3.8) is 0 Å². The number of ether oxygens (including phenoxy) is 1. The quantitative estimate of drug-likeness (QED) is 0.765. The normalized spacial score (nSPS) is 10.3. The van der Waals surface area contributed by atoms with Crippen molar-refractivity contribution in [3.8, 4) is 5.75 Å². The fraction of sp³-hybridized carbons (Fsp3) is 0.278. The molecular formula is C18H20O2. The van der Waals surface area contributed by atoms with E-state index in [1.165, 1.54) is 11.1 Å². The lowest BCUT2D eigenvalue weighted by molar-refractivity contribution is 0.103. The predicted molar refractivity (Wildman–Crippen MR) is 81.6 cm³/mol. The van der Waals surface area contributed by atoms with E-state index < -0.39 is 0 Å². The molecule has 0 aliphatic rings. The molecule has 0 atom stereocenters. The summed E-state index contributed by atoms with van der Waals surface area (Å²) in [6.45, 7) is 4.26. The zero-order valence-electron chi connectivity index (χ0n) is 12.3. The Labute approximate surface area is 120 Å². The standard InChI is InChI=1S/C18H20O2/c1-4-13-9-10-16(11-14(13)5-2)18(19)15-7-6-8-17(12-15)20-3/h6-12H,4-5H2,1-3H3. The molecule has 0 N–H and O–H groups in total. The van der Waals surface area contributed by atoms with Gasteiger partial charge in [0.05, 0.1) is 7.11 Å². The lowest BCUT2D eigenvalue weighted by Crippen LogP contribution is -2.03. The molecule has 0 saturated heterocycles. The number of aryl methyl sites for hydroxylation is 2. The first-order chi connectivity index (χ1) is 9.69. The summed E-state index contributed by atoms with van der Waals surface area (Å²) in [5, 5.41) is 0. The molecule has 0 unspecified atom stereocenters. The number of carbonyl (C=O) groups excluding carboxylic acids is 1. The second-order valence-corrected chi connectivity index (χ2v) is 4.75. The number of hydrogen-bond donors (Lipinski definition) is 0. The van der Waals surface area contributed by atoms with Gasteiger partial charge in [-0.05, 0) is 42.2 Å². The number of methoxy groups -OCH3 is 1. The van der Waals surface area contributed by atoms with E-state index in [1.54, 1.807) is 13.2 Å². The summed E-state index contributed by atoms with van der Waals surface area (Å²) in [5.41, 5.74) is 3.97. The van der Waals surface area contributed by atoms with E-state index >= 15 is 0 Å². The van der Waals surface area contributed by atoms with Crippen molar-refractivity contribution in [2.24, 2.45) is 0 Å². The molecule has 0 radical (unpaired) electrons. The number of carbonyl (C=O) groups is 1. The molecule has 2 heteroatoms. The number of ketones is 1. The first kappa shape index (κ1) is 14.3. The van der Waals surface area contributed by atoms with Crippen molar-refractivity contribution in [1.29, 1.82) is 0 Å². The molecule has 0 aliphatic heterocycles. The predicted octanol–water partition coefficient (Wildman–Crippen LogP) is 4.05. The number of benzene rings is 2. The highest BCUT2D eigenvalue weighted by atomic mass is 16.5. The van der Waals surface area contributed by atoms with Gasteiger partial charge in [0.15, 0.2) is 5.78 Å². The van der Waals surface area contributed by atoms with Gasteiger partial charge in [-0.3, -0.25) is 4.79 Å². The summed E-state index contributed by atoms with van der Waals surface area (Å²) in [4.78, 5) is 12.5. The molecule has 104 valence electrons. The molecule has 0 spiro atoms.